The highest BCUT2D eigenvalue weighted by atomic mass is 16.2. The van der Waals surface area contributed by atoms with Crippen LogP contribution in [0.5, 0.6) is 0 Å². The molecular weight excluding hydrogens is 188 g/mol. The maximum absolute atomic E-state index is 12.1. The molecule has 86 valence electrons. The molecule has 1 heterocycles. The lowest BCUT2D eigenvalue weighted by Gasteiger charge is -2.28. The molecule has 0 unspecified atom stereocenters. The lowest BCUT2D eigenvalue weighted by molar-refractivity contribution is -0.135. The first-order valence-electron chi connectivity index (χ1n) is 5.90. The maximum Gasteiger partial charge on any atom is 0.227 e. The normalized spacial score (nSPS) is 21.0. The molecule has 1 amide bonds. The van der Waals surface area contributed by atoms with Gasteiger partial charge in [-0.25, -0.2) is 0 Å². The average molecular weight is 210 g/mol. The molecule has 1 N–H and O–H groups in total. The van der Waals surface area contributed by atoms with Crippen LogP contribution in [0.2, 0.25) is 0 Å². The van der Waals surface area contributed by atoms with E-state index in [9.17, 15) is 4.79 Å². The Labute approximate surface area is 92.5 Å². The molecule has 1 fully saturated rings. The summed E-state index contributed by atoms with van der Waals surface area (Å²) in [6, 6.07) is 0. The maximum atomic E-state index is 12.1. The van der Waals surface area contributed by atoms with E-state index in [1.807, 2.05) is 11.0 Å². The summed E-state index contributed by atoms with van der Waals surface area (Å²) < 4.78 is 0. The van der Waals surface area contributed by atoms with Gasteiger partial charge in [-0.3, -0.25) is 4.79 Å². The van der Waals surface area contributed by atoms with E-state index in [2.05, 4.69) is 18.8 Å². The van der Waals surface area contributed by atoms with E-state index in [-0.39, 0.29) is 5.92 Å². The van der Waals surface area contributed by atoms with Crippen molar-refractivity contribution in [2.45, 2.75) is 26.2 Å². The van der Waals surface area contributed by atoms with Crippen LogP contribution >= 0.6 is 0 Å². The van der Waals surface area contributed by atoms with Crippen molar-refractivity contribution in [2.24, 2.45) is 5.92 Å². The van der Waals surface area contributed by atoms with Gasteiger partial charge in [-0.1, -0.05) is 13.0 Å². The fourth-order valence-corrected chi connectivity index (χ4v) is 2.04. The van der Waals surface area contributed by atoms with Gasteiger partial charge < -0.3 is 10.2 Å². The number of nitrogens with zero attached hydrogens (tertiary/aromatic N) is 1. The highest BCUT2D eigenvalue weighted by molar-refractivity contribution is 5.79. The SMILES string of the molecule is C=CCN(CCC)C(=O)[C@H]1CCCNC1. The lowest BCUT2D eigenvalue weighted by atomic mass is 9.98. The van der Waals surface area contributed by atoms with Crippen LogP contribution in [0, 0.1) is 5.92 Å². The van der Waals surface area contributed by atoms with Crippen LogP contribution in [-0.4, -0.2) is 37.0 Å². The third-order valence-electron chi connectivity index (χ3n) is 2.80. The number of rotatable bonds is 5. The Morgan fingerprint density at radius 3 is 3.00 bits per heavy atom. The molecule has 0 aromatic heterocycles. The Hall–Kier alpha value is -0.830. The first kappa shape index (κ1) is 12.2. The smallest absolute Gasteiger partial charge is 0.227 e. The van der Waals surface area contributed by atoms with Crippen molar-refractivity contribution >= 4 is 5.91 Å². The molecule has 0 radical (unpaired) electrons. The van der Waals surface area contributed by atoms with E-state index < -0.39 is 0 Å². The summed E-state index contributed by atoms with van der Waals surface area (Å²) in [5.74, 6) is 0.481. The molecule has 1 rings (SSSR count). The molecule has 1 aliphatic heterocycles. The predicted octanol–water partition coefficient (Wildman–Crippen LogP) is 1.41. The van der Waals surface area contributed by atoms with Crippen molar-refractivity contribution < 1.29 is 4.79 Å². The van der Waals surface area contributed by atoms with E-state index in [1.54, 1.807) is 0 Å². The van der Waals surface area contributed by atoms with Gasteiger partial charge in [0.25, 0.3) is 0 Å². The summed E-state index contributed by atoms with van der Waals surface area (Å²) in [6.45, 7) is 9.23. The van der Waals surface area contributed by atoms with Crippen LogP contribution in [0.1, 0.15) is 26.2 Å². The number of amides is 1. The summed E-state index contributed by atoms with van der Waals surface area (Å²) in [5.41, 5.74) is 0. The quantitative estimate of drug-likeness (QED) is 0.696. The molecule has 1 aliphatic rings. The predicted molar refractivity (Wildman–Crippen MR) is 62.7 cm³/mol. The van der Waals surface area contributed by atoms with Crippen molar-refractivity contribution in [1.29, 1.82) is 0 Å². The van der Waals surface area contributed by atoms with Crippen molar-refractivity contribution in [3.8, 4) is 0 Å². The van der Waals surface area contributed by atoms with Gasteiger partial charge >= 0.3 is 0 Å². The highest BCUT2D eigenvalue weighted by Gasteiger charge is 2.24. The molecular formula is C12H22N2O. The van der Waals surface area contributed by atoms with Gasteiger partial charge in [0.1, 0.15) is 0 Å². The van der Waals surface area contributed by atoms with Crippen molar-refractivity contribution in [3.63, 3.8) is 0 Å². The minimum absolute atomic E-state index is 0.185. The lowest BCUT2D eigenvalue weighted by Crippen LogP contribution is -2.43. The molecule has 1 saturated heterocycles. The van der Waals surface area contributed by atoms with Crippen LogP contribution in [0.15, 0.2) is 12.7 Å². The third kappa shape index (κ3) is 3.67. The van der Waals surface area contributed by atoms with E-state index in [1.165, 1.54) is 0 Å². The molecule has 0 saturated carbocycles. The van der Waals surface area contributed by atoms with Gasteiger partial charge in [-0.2, -0.15) is 0 Å². The van der Waals surface area contributed by atoms with Gasteiger partial charge in [0.15, 0.2) is 0 Å². The van der Waals surface area contributed by atoms with Gasteiger partial charge in [0, 0.05) is 19.6 Å². The van der Waals surface area contributed by atoms with Crippen molar-refractivity contribution in [2.75, 3.05) is 26.2 Å². The molecule has 3 nitrogen and oxygen atoms in total. The Bertz CT molecular complexity index is 210. The summed E-state index contributed by atoms with van der Waals surface area (Å²) in [4.78, 5) is 14.0. The molecule has 1 atom stereocenters. The van der Waals surface area contributed by atoms with Gasteiger partial charge in [-0.15, -0.1) is 6.58 Å². The summed E-state index contributed by atoms with van der Waals surface area (Å²) in [7, 11) is 0. The van der Waals surface area contributed by atoms with Gasteiger partial charge in [0.2, 0.25) is 5.91 Å². The van der Waals surface area contributed by atoms with Crippen LogP contribution in [0.4, 0.5) is 0 Å². The van der Waals surface area contributed by atoms with Crippen LogP contribution in [0.25, 0.3) is 0 Å². The van der Waals surface area contributed by atoms with Crippen LogP contribution in [0.3, 0.4) is 0 Å². The Morgan fingerprint density at radius 1 is 1.67 bits per heavy atom. The van der Waals surface area contributed by atoms with Crippen molar-refractivity contribution in [1.82, 2.24) is 10.2 Å². The summed E-state index contributed by atoms with van der Waals surface area (Å²) >= 11 is 0. The largest absolute Gasteiger partial charge is 0.339 e. The number of carbonyl (C=O) groups is 1. The minimum atomic E-state index is 0.185. The van der Waals surface area contributed by atoms with Gasteiger partial charge in [-0.05, 0) is 25.8 Å². The molecule has 0 aromatic rings. The molecule has 0 spiro atoms. The van der Waals surface area contributed by atoms with Crippen molar-refractivity contribution in [3.05, 3.63) is 12.7 Å². The zero-order valence-electron chi connectivity index (χ0n) is 9.67. The first-order valence-corrected chi connectivity index (χ1v) is 5.90. The second-order valence-corrected chi connectivity index (χ2v) is 4.12. The fraction of sp³-hybridized carbons (Fsp3) is 0.750. The van der Waals surface area contributed by atoms with Gasteiger partial charge in [0.05, 0.1) is 5.92 Å². The first-order chi connectivity index (χ1) is 7.29. The monoisotopic (exact) mass is 210 g/mol. The molecule has 15 heavy (non-hydrogen) atoms. The van der Waals surface area contributed by atoms with Crippen LogP contribution in [-0.2, 0) is 4.79 Å². The standard InChI is InChI=1S/C12H22N2O/c1-3-8-14(9-4-2)12(15)11-6-5-7-13-10-11/h3,11,13H,1,4-10H2,2H3/t11-/m0/s1. The molecule has 0 aromatic carbocycles. The second kappa shape index (κ2) is 6.62. The summed E-state index contributed by atoms with van der Waals surface area (Å²) in [5, 5.41) is 3.28. The van der Waals surface area contributed by atoms with E-state index in [0.29, 0.717) is 12.5 Å². The Kier molecular flexibility index (Phi) is 5.40. The topological polar surface area (TPSA) is 32.3 Å². The average Bonchev–Trinajstić information content (AvgIpc) is 2.29. The number of piperidine rings is 1. The van der Waals surface area contributed by atoms with Crippen LogP contribution < -0.4 is 5.32 Å². The fourth-order valence-electron chi connectivity index (χ4n) is 2.04. The minimum Gasteiger partial charge on any atom is -0.339 e. The number of hydrogen-bond acceptors (Lipinski definition) is 2. The number of hydrogen-bond donors (Lipinski definition) is 1. The van der Waals surface area contributed by atoms with E-state index in [4.69, 9.17) is 0 Å². The number of carbonyl (C=O) groups excluding carboxylic acids is 1. The molecule has 3 heteroatoms. The Balaban J connectivity index is 2.48. The molecule has 0 aliphatic carbocycles. The highest BCUT2D eigenvalue weighted by Crippen LogP contribution is 2.13. The van der Waals surface area contributed by atoms with E-state index >= 15 is 0 Å². The Morgan fingerprint density at radius 2 is 2.47 bits per heavy atom. The zero-order chi connectivity index (χ0) is 11.1. The third-order valence-corrected chi connectivity index (χ3v) is 2.80. The second-order valence-electron chi connectivity index (χ2n) is 4.12. The molecule has 0 bridgehead atoms. The summed E-state index contributed by atoms with van der Waals surface area (Å²) in [6.07, 6.45) is 4.97. The van der Waals surface area contributed by atoms with E-state index in [0.717, 1.165) is 38.9 Å². The number of nitrogens with one attached hydrogen (secondary N) is 1. The zero-order valence-corrected chi connectivity index (χ0v) is 9.67.